The van der Waals surface area contributed by atoms with Crippen molar-refractivity contribution in [3.8, 4) is 0 Å². The number of hydrogen-bond donors (Lipinski definition) is 1. The van der Waals surface area contributed by atoms with Gasteiger partial charge in [-0.3, -0.25) is 9.69 Å². The van der Waals surface area contributed by atoms with Gasteiger partial charge in [0.15, 0.2) is 0 Å². The summed E-state index contributed by atoms with van der Waals surface area (Å²) in [6.45, 7) is 8.91. The first-order chi connectivity index (χ1) is 13.0. The van der Waals surface area contributed by atoms with Crippen LogP contribution in [-0.4, -0.2) is 43.5 Å². The summed E-state index contributed by atoms with van der Waals surface area (Å²) in [6, 6.07) is 16.0. The second-order valence-corrected chi connectivity index (χ2v) is 7.79. The van der Waals surface area contributed by atoms with Gasteiger partial charge >= 0.3 is 0 Å². The van der Waals surface area contributed by atoms with Crippen LogP contribution in [0.3, 0.4) is 0 Å². The van der Waals surface area contributed by atoms with Crippen LogP contribution in [0.1, 0.15) is 31.7 Å². The van der Waals surface area contributed by atoms with E-state index in [2.05, 4.69) is 41.1 Å². The molecule has 0 spiro atoms. The van der Waals surface area contributed by atoms with E-state index in [0.29, 0.717) is 12.3 Å². The second-order valence-electron chi connectivity index (χ2n) is 7.35. The highest BCUT2D eigenvalue weighted by Crippen LogP contribution is 2.24. The molecule has 2 aromatic rings. The van der Waals surface area contributed by atoms with Gasteiger partial charge in [-0.15, -0.1) is 0 Å². The lowest BCUT2D eigenvalue weighted by atomic mass is 10.0. The summed E-state index contributed by atoms with van der Waals surface area (Å²) >= 11 is 6.09. The molecule has 0 unspecified atom stereocenters. The topological polar surface area (TPSA) is 35.6 Å². The van der Waals surface area contributed by atoms with Crippen LogP contribution in [0, 0.1) is 0 Å². The molecule has 0 aliphatic carbocycles. The molecule has 0 atom stereocenters. The molecule has 4 nitrogen and oxygen atoms in total. The highest BCUT2D eigenvalue weighted by atomic mass is 35.5. The van der Waals surface area contributed by atoms with Gasteiger partial charge < -0.3 is 10.2 Å². The number of nitrogens with one attached hydrogen (secondary N) is 1. The molecule has 5 heteroatoms. The zero-order valence-corrected chi connectivity index (χ0v) is 16.9. The molecule has 1 N–H and O–H groups in total. The summed E-state index contributed by atoms with van der Waals surface area (Å²) in [5.41, 5.74) is 3.29. The Morgan fingerprint density at radius 3 is 2.52 bits per heavy atom. The molecule has 0 radical (unpaired) electrons. The van der Waals surface area contributed by atoms with Crippen LogP contribution in [0.2, 0.25) is 5.02 Å². The molecule has 2 aromatic carbocycles. The first-order valence-corrected chi connectivity index (χ1v) is 10.0. The maximum atomic E-state index is 12.4. The fourth-order valence-electron chi connectivity index (χ4n) is 3.49. The molecule has 144 valence electrons. The van der Waals surface area contributed by atoms with Gasteiger partial charge in [0, 0.05) is 55.5 Å². The third-order valence-corrected chi connectivity index (χ3v) is 5.29. The first-order valence-electron chi connectivity index (χ1n) is 9.64. The Morgan fingerprint density at radius 2 is 1.81 bits per heavy atom. The molecule has 0 bridgehead atoms. The largest absolute Gasteiger partial charge is 0.369 e. The smallest absolute Gasteiger partial charge is 0.225 e. The van der Waals surface area contributed by atoms with E-state index in [1.807, 2.05) is 36.4 Å². The number of anilines is 2. The maximum Gasteiger partial charge on any atom is 0.225 e. The monoisotopic (exact) mass is 385 g/mol. The molecule has 0 aromatic heterocycles. The Balaban J connectivity index is 1.46. The molecule has 1 saturated heterocycles. The number of nitrogens with zero attached hydrogens (tertiary/aromatic N) is 2. The Kier molecular flexibility index (Phi) is 6.75. The molecule has 3 rings (SSSR count). The van der Waals surface area contributed by atoms with E-state index in [4.69, 9.17) is 11.6 Å². The fraction of sp³-hybridized carbons (Fsp3) is 0.409. The minimum atomic E-state index is 0.0837. The van der Waals surface area contributed by atoms with E-state index < -0.39 is 0 Å². The second kappa shape index (κ2) is 9.25. The third kappa shape index (κ3) is 5.47. The number of hydrogen-bond acceptors (Lipinski definition) is 3. The van der Waals surface area contributed by atoms with Crippen molar-refractivity contribution in [1.82, 2.24) is 4.90 Å². The number of piperazine rings is 1. The van der Waals surface area contributed by atoms with Gasteiger partial charge in [0.1, 0.15) is 0 Å². The van der Waals surface area contributed by atoms with Crippen molar-refractivity contribution >= 4 is 28.9 Å². The molecule has 1 aliphatic rings. The van der Waals surface area contributed by atoms with Gasteiger partial charge in [-0.05, 0) is 35.7 Å². The predicted octanol–water partition coefficient (Wildman–Crippen LogP) is 4.61. The van der Waals surface area contributed by atoms with Crippen LogP contribution >= 0.6 is 11.6 Å². The molecular weight excluding hydrogens is 358 g/mol. The number of carbonyl (C=O) groups excluding carboxylic acids is 1. The SMILES string of the molecule is CC(C)c1ccccc1NC(=O)CCN1CCN(c2cccc(Cl)c2)CC1. The predicted molar refractivity (Wildman–Crippen MR) is 114 cm³/mol. The Bertz CT molecular complexity index is 770. The average molecular weight is 386 g/mol. The van der Waals surface area contributed by atoms with Crippen molar-refractivity contribution in [3.63, 3.8) is 0 Å². The van der Waals surface area contributed by atoms with Crippen LogP contribution < -0.4 is 10.2 Å². The summed E-state index contributed by atoms with van der Waals surface area (Å²) in [5.74, 6) is 0.474. The number of carbonyl (C=O) groups is 1. The van der Waals surface area contributed by atoms with Crippen LogP contribution in [-0.2, 0) is 4.79 Å². The number of rotatable bonds is 6. The molecule has 1 heterocycles. The van der Waals surface area contributed by atoms with Crippen LogP contribution in [0.15, 0.2) is 48.5 Å². The Hall–Kier alpha value is -2.04. The summed E-state index contributed by atoms with van der Waals surface area (Å²) in [4.78, 5) is 17.1. The van der Waals surface area contributed by atoms with Gasteiger partial charge in [0.25, 0.3) is 0 Å². The number of halogens is 1. The fourth-order valence-corrected chi connectivity index (χ4v) is 3.67. The van der Waals surface area contributed by atoms with Crippen molar-refractivity contribution in [1.29, 1.82) is 0 Å². The highest BCUT2D eigenvalue weighted by molar-refractivity contribution is 6.30. The number of amides is 1. The van der Waals surface area contributed by atoms with Gasteiger partial charge in [-0.1, -0.05) is 49.7 Å². The van der Waals surface area contributed by atoms with E-state index in [1.165, 1.54) is 11.3 Å². The summed E-state index contributed by atoms with van der Waals surface area (Å²) in [5, 5.41) is 3.85. The van der Waals surface area contributed by atoms with Crippen LogP contribution in [0.5, 0.6) is 0 Å². The van der Waals surface area contributed by atoms with E-state index in [0.717, 1.165) is 43.4 Å². The van der Waals surface area contributed by atoms with E-state index in [9.17, 15) is 4.79 Å². The quantitative estimate of drug-likeness (QED) is 0.788. The first kappa shape index (κ1) is 19.7. The number of benzene rings is 2. The molecule has 0 saturated carbocycles. The van der Waals surface area contributed by atoms with Gasteiger partial charge in [-0.25, -0.2) is 0 Å². The molecular formula is C22H28ClN3O. The molecule has 1 amide bonds. The van der Waals surface area contributed by atoms with E-state index >= 15 is 0 Å². The van der Waals surface area contributed by atoms with Gasteiger partial charge in [0.05, 0.1) is 0 Å². The molecule has 1 fully saturated rings. The van der Waals surface area contributed by atoms with Crippen molar-refractivity contribution < 1.29 is 4.79 Å². The van der Waals surface area contributed by atoms with Crippen molar-refractivity contribution in [2.24, 2.45) is 0 Å². The van der Waals surface area contributed by atoms with Crippen LogP contribution in [0.25, 0.3) is 0 Å². The lowest BCUT2D eigenvalue weighted by molar-refractivity contribution is -0.116. The Morgan fingerprint density at radius 1 is 1.07 bits per heavy atom. The van der Waals surface area contributed by atoms with E-state index in [-0.39, 0.29) is 5.91 Å². The number of para-hydroxylation sites is 1. The summed E-state index contributed by atoms with van der Waals surface area (Å²) in [6.07, 6.45) is 0.517. The van der Waals surface area contributed by atoms with Gasteiger partial charge in [0.2, 0.25) is 5.91 Å². The zero-order chi connectivity index (χ0) is 19.2. The summed E-state index contributed by atoms with van der Waals surface area (Å²) in [7, 11) is 0. The van der Waals surface area contributed by atoms with Crippen molar-refractivity contribution in [2.75, 3.05) is 42.9 Å². The van der Waals surface area contributed by atoms with Crippen molar-refractivity contribution in [3.05, 3.63) is 59.1 Å². The minimum Gasteiger partial charge on any atom is -0.369 e. The lowest BCUT2D eigenvalue weighted by Gasteiger charge is -2.36. The highest BCUT2D eigenvalue weighted by Gasteiger charge is 2.18. The average Bonchev–Trinajstić information content (AvgIpc) is 2.67. The minimum absolute atomic E-state index is 0.0837. The standard InChI is InChI=1S/C22H28ClN3O/c1-17(2)20-8-3-4-9-21(20)24-22(27)10-11-25-12-14-26(15-13-25)19-7-5-6-18(23)16-19/h3-9,16-17H,10-15H2,1-2H3,(H,24,27). The van der Waals surface area contributed by atoms with E-state index in [1.54, 1.807) is 0 Å². The van der Waals surface area contributed by atoms with Gasteiger partial charge in [-0.2, -0.15) is 0 Å². The van der Waals surface area contributed by atoms with Crippen LogP contribution in [0.4, 0.5) is 11.4 Å². The third-order valence-electron chi connectivity index (χ3n) is 5.06. The lowest BCUT2D eigenvalue weighted by Crippen LogP contribution is -2.47. The molecule has 1 aliphatic heterocycles. The molecule has 27 heavy (non-hydrogen) atoms. The van der Waals surface area contributed by atoms with Crippen molar-refractivity contribution in [2.45, 2.75) is 26.2 Å². The zero-order valence-electron chi connectivity index (χ0n) is 16.1. The normalized spacial score (nSPS) is 15.2. The summed E-state index contributed by atoms with van der Waals surface area (Å²) < 4.78 is 0. The Labute approximate surface area is 167 Å². The maximum absolute atomic E-state index is 12.4.